The number of thiazole rings is 1. The largest absolute Gasteiger partial charge is 0.309 e. The van der Waals surface area contributed by atoms with Crippen molar-refractivity contribution >= 4 is 11.3 Å². The van der Waals surface area contributed by atoms with Gasteiger partial charge in [0.15, 0.2) is 0 Å². The Morgan fingerprint density at radius 1 is 1.33 bits per heavy atom. The summed E-state index contributed by atoms with van der Waals surface area (Å²) in [5, 5.41) is 4.80. The summed E-state index contributed by atoms with van der Waals surface area (Å²) in [7, 11) is 0. The molecule has 0 saturated heterocycles. The third kappa shape index (κ3) is 5.07. The van der Waals surface area contributed by atoms with E-state index in [-0.39, 0.29) is 0 Å². The van der Waals surface area contributed by atoms with E-state index in [0.717, 1.165) is 12.5 Å². The molecule has 0 spiro atoms. The van der Waals surface area contributed by atoms with E-state index in [1.54, 1.807) is 0 Å². The van der Waals surface area contributed by atoms with Crippen LogP contribution in [-0.2, 0) is 0 Å². The maximum Gasteiger partial charge on any atom is 0.0897 e. The standard InChI is InChI=1S/C15H28N2S/c1-5-8-9-13(6-2)10-14(16-7-3)15-11-17-12(4)18-15/h11,13-14,16H,5-10H2,1-4H3. The fraction of sp³-hybridized carbons (Fsp3) is 0.800. The Morgan fingerprint density at radius 2 is 2.11 bits per heavy atom. The second-order valence-corrected chi connectivity index (χ2v) is 6.31. The van der Waals surface area contributed by atoms with Gasteiger partial charge in [0.05, 0.1) is 5.01 Å². The number of aromatic nitrogens is 1. The van der Waals surface area contributed by atoms with Crippen LogP contribution in [-0.4, -0.2) is 11.5 Å². The Kier molecular flexibility index (Phi) is 7.52. The van der Waals surface area contributed by atoms with Gasteiger partial charge in [0.1, 0.15) is 0 Å². The van der Waals surface area contributed by atoms with Crippen LogP contribution in [0.2, 0.25) is 0 Å². The number of hydrogen-bond donors (Lipinski definition) is 1. The fourth-order valence-electron chi connectivity index (χ4n) is 2.40. The average molecular weight is 268 g/mol. The predicted molar refractivity (Wildman–Crippen MR) is 81.2 cm³/mol. The molecule has 1 aromatic heterocycles. The van der Waals surface area contributed by atoms with Gasteiger partial charge in [-0.3, -0.25) is 0 Å². The van der Waals surface area contributed by atoms with Crippen LogP contribution >= 0.6 is 11.3 Å². The SMILES string of the molecule is CCCCC(CC)CC(NCC)c1cnc(C)s1. The molecule has 0 aliphatic heterocycles. The molecule has 0 aromatic carbocycles. The highest BCUT2D eigenvalue weighted by Crippen LogP contribution is 2.29. The van der Waals surface area contributed by atoms with Gasteiger partial charge in [0.25, 0.3) is 0 Å². The molecule has 18 heavy (non-hydrogen) atoms. The first-order chi connectivity index (χ1) is 8.71. The van der Waals surface area contributed by atoms with E-state index < -0.39 is 0 Å². The van der Waals surface area contributed by atoms with Crippen LogP contribution in [0.25, 0.3) is 0 Å². The van der Waals surface area contributed by atoms with Crippen molar-refractivity contribution in [2.45, 2.75) is 65.8 Å². The minimum Gasteiger partial charge on any atom is -0.309 e. The summed E-state index contributed by atoms with van der Waals surface area (Å²) in [6.07, 6.45) is 8.64. The summed E-state index contributed by atoms with van der Waals surface area (Å²) in [5.41, 5.74) is 0. The first-order valence-corrected chi connectivity index (χ1v) is 8.18. The minimum absolute atomic E-state index is 0.503. The number of nitrogens with zero attached hydrogens (tertiary/aromatic N) is 1. The lowest BCUT2D eigenvalue weighted by Gasteiger charge is -2.22. The van der Waals surface area contributed by atoms with E-state index in [4.69, 9.17) is 0 Å². The first kappa shape index (κ1) is 15.6. The second kappa shape index (κ2) is 8.65. The van der Waals surface area contributed by atoms with Crippen molar-refractivity contribution in [2.75, 3.05) is 6.54 Å². The van der Waals surface area contributed by atoms with Crippen molar-refractivity contribution in [3.05, 3.63) is 16.1 Å². The molecule has 1 heterocycles. The number of aryl methyl sites for hydroxylation is 1. The molecule has 2 nitrogen and oxygen atoms in total. The highest BCUT2D eigenvalue weighted by Gasteiger charge is 2.17. The maximum atomic E-state index is 4.39. The topological polar surface area (TPSA) is 24.9 Å². The number of rotatable bonds is 9. The highest BCUT2D eigenvalue weighted by atomic mass is 32.1. The molecule has 0 amide bonds. The van der Waals surface area contributed by atoms with Gasteiger partial charge < -0.3 is 5.32 Å². The number of unbranched alkanes of at least 4 members (excludes halogenated alkanes) is 1. The predicted octanol–water partition coefficient (Wildman–Crippen LogP) is 4.71. The molecule has 0 radical (unpaired) electrons. The van der Waals surface area contributed by atoms with Crippen molar-refractivity contribution in [3.63, 3.8) is 0 Å². The van der Waals surface area contributed by atoms with E-state index in [2.05, 4.69) is 44.2 Å². The van der Waals surface area contributed by atoms with Crippen molar-refractivity contribution in [1.82, 2.24) is 10.3 Å². The maximum absolute atomic E-state index is 4.39. The average Bonchev–Trinajstić information content (AvgIpc) is 2.80. The van der Waals surface area contributed by atoms with Gasteiger partial charge in [-0.1, -0.05) is 46.5 Å². The van der Waals surface area contributed by atoms with Gasteiger partial charge in [-0.25, -0.2) is 4.98 Å². The first-order valence-electron chi connectivity index (χ1n) is 7.36. The monoisotopic (exact) mass is 268 g/mol. The Labute approximate surface area is 116 Å². The van der Waals surface area contributed by atoms with Gasteiger partial charge in [0.2, 0.25) is 0 Å². The summed E-state index contributed by atoms with van der Waals surface area (Å²) < 4.78 is 0. The van der Waals surface area contributed by atoms with Crippen LogP contribution in [0, 0.1) is 12.8 Å². The van der Waals surface area contributed by atoms with Crippen LogP contribution in [0.1, 0.15) is 68.8 Å². The summed E-state index contributed by atoms with van der Waals surface area (Å²) in [5.74, 6) is 0.844. The molecular formula is C15H28N2S. The van der Waals surface area contributed by atoms with Crippen molar-refractivity contribution in [2.24, 2.45) is 5.92 Å². The Bertz CT molecular complexity index is 322. The van der Waals surface area contributed by atoms with Gasteiger partial charge >= 0.3 is 0 Å². The normalized spacial score (nSPS) is 14.7. The molecule has 2 atom stereocenters. The van der Waals surface area contributed by atoms with Crippen LogP contribution < -0.4 is 5.32 Å². The van der Waals surface area contributed by atoms with E-state index in [1.165, 1.54) is 42.0 Å². The van der Waals surface area contributed by atoms with Gasteiger partial charge in [-0.2, -0.15) is 0 Å². The summed E-state index contributed by atoms with van der Waals surface area (Å²) >= 11 is 1.84. The zero-order valence-corrected chi connectivity index (χ0v) is 13.1. The Hall–Kier alpha value is -0.410. The van der Waals surface area contributed by atoms with Gasteiger partial charge in [-0.15, -0.1) is 11.3 Å². The quantitative estimate of drug-likeness (QED) is 0.701. The second-order valence-electron chi connectivity index (χ2n) is 5.04. The van der Waals surface area contributed by atoms with Crippen LogP contribution in [0.5, 0.6) is 0 Å². The van der Waals surface area contributed by atoms with Gasteiger partial charge in [0, 0.05) is 17.1 Å². The molecule has 0 bridgehead atoms. The van der Waals surface area contributed by atoms with Crippen LogP contribution in [0.3, 0.4) is 0 Å². The molecule has 3 heteroatoms. The molecule has 0 aliphatic carbocycles. The lowest BCUT2D eigenvalue weighted by molar-refractivity contribution is 0.359. The van der Waals surface area contributed by atoms with Crippen molar-refractivity contribution in [3.8, 4) is 0 Å². The molecular weight excluding hydrogens is 240 g/mol. The Balaban J connectivity index is 2.60. The molecule has 2 unspecified atom stereocenters. The summed E-state index contributed by atoms with van der Waals surface area (Å²) in [6, 6.07) is 0.503. The molecule has 1 N–H and O–H groups in total. The third-order valence-corrected chi connectivity index (χ3v) is 4.57. The van der Waals surface area contributed by atoms with E-state index >= 15 is 0 Å². The third-order valence-electron chi connectivity index (χ3n) is 3.55. The number of hydrogen-bond acceptors (Lipinski definition) is 3. The lowest BCUT2D eigenvalue weighted by atomic mass is 9.91. The minimum atomic E-state index is 0.503. The fourth-order valence-corrected chi connectivity index (χ4v) is 3.27. The highest BCUT2D eigenvalue weighted by molar-refractivity contribution is 7.11. The zero-order chi connectivity index (χ0) is 13.4. The van der Waals surface area contributed by atoms with Crippen LogP contribution in [0.15, 0.2) is 6.20 Å². The van der Waals surface area contributed by atoms with Gasteiger partial charge in [-0.05, 0) is 25.8 Å². The number of nitrogens with one attached hydrogen (secondary N) is 1. The lowest BCUT2D eigenvalue weighted by Crippen LogP contribution is -2.22. The van der Waals surface area contributed by atoms with Crippen molar-refractivity contribution < 1.29 is 0 Å². The smallest absolute Gasteiger partial charge is 0.0897 e. The molecule has 0 aliphatic rings. The van der Waals surface area contributed by atoms with Crippen molar-refractivity contribution in [1.29, 1.82) is 0 Å². The van der Waals surface area contributed by atoms with E-state index in [9.17, 15) is 0 Å². The molecule has 0 saturated carbocycles. The zero-order valence-electron chi connectivity index (χ0n) is 12.3. The summed E-state index contributed by atoms with van der Waals surface area (Å²) in [6.45, 7) is 9.91. The summed E-state index contributed by atoms with van der Waals surface area (Å²) in [4.78, 5) is 5.80. The molecule has 1 aromatic rings. The van der Waals surface area contributed by atoms with E-state index in [1.807, 2.05) is 11.3 Å². The Morgan fingerprint density at radius 3 is 2.61 bits per heavy atom. The molecule has 1 rings (SSSR count). The molecule has 104 valence electrons. The van der Waals surface area contributed by atoms with Crippen LogP contribution in [0.4, 0.5) is 0 Å². The van der Waals surface area contributed by atoms with E-state index in [0.29, 0.717) is 6.04 Å². The molecule has 0 fully saturated rings.